The lowest BCUT2D eigenvalue weighted by molar-refractivity contribution is 0.102. The smallest absolute Gasteiger partial charge is 0.322 e. The average Bonchev–Trinajstić information content (AvgIpc) is 3.19. The molecule has 1 aliphatic rings. The molecular formula is C20H19N3O6. The molecule has 29 heavy (non-hydrogen) atoms. The lowest BCUT2D eigenvalue weighted by Gasteiger charge is -2.18. The highest BCUT2D eigenvalue weighted by molar-refractivity contribution is 6.03. The van der Waals surface area contributed by atoms with E-state index in [1.54, 1.807) is 18.2 Å². The van der Waals surface area contributed by atoms with E-state index < -0.39 is 5.91 Å². The molecule has 0 saturated heterocycles. The first kappa shape index (κ1) is 18.6. The molecule has 0 saturated carbocycles. The van der Waals surface area contributed by atoms with Gasteiger partial charge in [0, 0.05) is 11.6 Å². The number of methoxy groups -OCH3 is 2. The summed E-state index contributed by atoms with van der Waals surface area (Å²) in [5.74, 6) is 2.34. The Morgan fingerprint density at radius 1 is 1.00 bits per heavy atom. The summed E-state index contributed by atoms with van der Waals surface area (Å²) in [7, 11) is 3.03. The van der Waals surface area contributed by atoms with Crippen molar-refractivity contribution >= 4 is 11.9 Å². The van der Waals surface area contributed by atoms with Crippen molar-refractivity contribution in [2.75, 3.05) is 32.8 Å². The van der Waals surface area contributed by atoms with Gasteiger partial charge in [-0.1, -0.05) is 11.2 Å². The zero-order valence-corrected chi connectivity index (χ0v) is 15.9. The van der Waals surface area contributed by atoms with E-state index in [0.29, 0.717) is 54.1 Å². The van der Waals surface area contributed by atoms with E-state index in [9.17, 15) is 4.79 Å². The lowest BCUT2D eigenvalue weighted by Crippen LogP contribution is -2.15. The van der Waals surface area contributed by atoms with Crippen LogP contribution in [0.2, 0.25) is 0 Å². The van der Waals surface area contributed by atoms with Crippen molar-refractivity contribution in [2.24, 2.45) is 0 Å². The predicted molar refractivity (Wildman–Crippen MR) is 102 cm³/mol. The minimum absolute atomic E-state index is 0.00401. The van der Waals surface area contributed by atoms with E-state index in [-0.39, 0.29) is 6.01 Å². The summed E-state index contributed by atoms with van der Waals surface area (Å²) in [6, 6.07) is 10.5. The molecule has 2 heterocycles. The van der Waals surface area contributed by atoms with Crippen LogP contribution in [0, 0.1) is 0 Å². The number of amides is 1. The first-order valence-electron chi connectivity index (χ1n) is 8.90. The van der Waals surface area contributed by atoms with Gasteiger partial charge in [-0.3, -0.25) is 10.1 Å². The summed E-state index contributed by atoms with van der Waals surface area (Å²) in [5.41, 5.74) is 1.26. The van der Waals surface area contributed by atoms with Gasteiger partial charge in [-0.15, -0.1) is 5.10 Å². The van der Waals surface area contributed by atoms with Crippen molar-refractivity contribution in [1.29, 1.82) is 0 Å². The summed E-state index contributed by atoms with van der Waals surface area (Å²) in [4.78, 5) is 12.5. The number of anilines is 1. The molecule has 1 aliphatic heterocycles. The fourth-order valence-corrected chi connectivity index (χ4v) is 2.86. The zero-order chi connectivity index (χ0) is 20.2. The molecule has 0 aliphatic carbocycles. The van der Waals surface area contributed by atoms with E-state index in [2.05, 4.69) is 15.5 Å². The minimum Gasteiger partial charge on any atom is -0.497 e. The SMILES string of the molecule is COc1cc(OC)cc(C(=O)Nc2nnc(Cc3ccc4c(c3)OCCO4)o2)c1. The minimum atomic E-state index is -0.420. The number of hydrogen-bond donors (Lipinski definition) is 1. The molecule has 0 atom stereocenters. The van der Waals surface area contributed by atoms with Crippen molar-refractivity contribution in [3.05, 3.63) is 53.4 Å². The van der Waals surface area contributed by atoms with E-state index in [4.69, 9.17) is 23.4 Å². The van der Waals surface area contributed by atoms with Crippen LogP contribution < -0.4 is 24.3 Å². The number of aromatic nitrogens is 2. The van der Waals surface area contributed by atoms with Crippen LogP contribution in [0.3, 0.4) is 0 Å². The fraction of sp³-hybridized carbons (Fsp3) is 0.250. The number of rotatable bonds is 6. The van der Waals surface area contributed by atoms with E-state index >= 15 is 0 Å². The molecule has 1 amide bonds. The summed E-state index contributed by atoms with van der Waals surface area (Å²) in [6.07, 6.45) is 0.395. The highest BCUT2D eigenvalue weighted by Crippen LogP contribution is 2.31. The zero-order valence-electron chi connectivity index (χ0n) is 15.9. The van der Waals surface area contributed by atoms with Gasteiger partial charge in [0.25, 0.3) is 5.91 Å². The highest BCUT2D eigenvalue weighted by Gasteiger charge is 2.16. The number of benzene rings is 2. The van der Waals surface area contributed by atoms with Gasteiger partial charge >= 0.3 is 6.01 Å². The van der Waals surface area contributed by atoms with Gasteiger partial charge in [-0.25, -0.2) is 0 Å². The molecule has 0 unspecified atom stereocenters. The van der Waals surface area contributed by atoms with E-state index in [0.717, 1.165) is 5.56 Å². The Hall–Kier alpha value is -3.75. The third-order valence-electron chi connectivity index (χ3n) is 4.26. The van der Waals surface area contributed by atoms with Crippen molar-refractivity contribution < 1.29 is 28.2 Å². The Bertz CT molecular complexity index is 1010. The Balaban J connectivity index is 1.45. The van der Waals surface area contributed by atoms with Gasteiger partial charge in [0.2, 0.25) is 5.89 Å². The summed E-state index contributed by atoms with van der Waals surface area (Å²) in [5, 5.41) is 10.5. The first-order chi connectivity index (χ1) is 14.1. The molecule has 1 N–H and O–H groups in total. The molecule has 150 valence electrons. The normalized spacial score (nSPS) is 12.3. The van der Waals surface area contributed by atoms with Crippen LogP contribution in [-0.4, -0.2) is 43.5 Å². The highest BCUT2D eigenvalue weighted by atomic mass is 16.6. The van der Waals surface area contributed by atoms with Crippen molar-refractivity contribution in [3.63, 3.8) is 0 Å². The van der Waals surface area contributed by atoms with Gasteiger partial charge in [-0.05, 0) is 29.8 Å². The Labute approximate surface area is 166 Å². The Kier molecular flexibility index (Phi) is 5.19. The quantitative estimate of drug-likeness (QED) is 0.677. The summed E-state index contributed by atoms with van der Waals surface area (Å²) >= 11 is 0. The summed E-state index contributed by atoms with van der Waals surface area (Å²) < 4.78 is 27.0. The number of nitrogens with zero attached hydrogens (tertiary/aromatic N) is 2. The standard InChI is InChI=1S/C20H19N3O6/c1-25-14-9-13(10-15(11-14)26-2)19(24)21-20-23-22-18(29-20)8-12-3-4-16-17(7-12)28-6-5-27-16/h3-4,7,9-11H,5-6,8H2,1-2H3,(H,21,23,24). The molecule has 0 spiro atoms. The van der Waals surface area contributed by atoms with Crippen molar-refractivity contribution in [1.82, 2.24) is 10.2 Å². The lowest BCUT2D eigenvalue weighted by atomic mass is 10.1. The molecule has 0 bridgehead atoms. The van der Waals surface area contributed by atoms with Crippen LogP contribution in [-0.2, 0) is 6.42 Å². The van der Waals surface area contributed by atoms with Crippen LogP contribution in [0.5, 0.6) is 23.0 Å². The number of carbonyl (C=O) groups excluding carboxylic acids is 1. The predicted octanol–water partition coefficient (Wildman–Crippen LogP) is 2.70. The van der Waals surface area contributed by atoms with Crippen LogP contribution in [0.25, 0.3) is 0 Å². The van der Waals surface area contributed by atoms with Crippen LogP contribution in [0.1, 0.15) is 21.8 Å². The van der Waals surface area contributed by atoms with Gasteiger partial charge in [0.15, 0.2) is 11.5 Å². The van der Waals surface area contributed by atoms with Crippen LogP contribution >= 0.6 is 0 Å². The van der Waals surface area contributed by atoms with Crippen molar-refractivity contribution in [3.8, 4) is 23.0 Å². The van der Waals surface area contributed by atoms with Gasteiger partial charge in [0.1, 0.15) is 24.7 Å². The topological polar surface area (TPSA) is 105 Å². The van der Waals surface area contributed by atoms with Crippen molar-refractivity contribution in [2.45, 2.75) is 6.42 Å². The molecule has 0 radical (unpaired) electrons. The molecule has 0 fully saturated rings. The molecule has 2 aromatic carbocycles. The Morgan fingerprint density at radius 2 is 1.72 bits per heavy atom. The maximum absolute atomic E-state index is 12.5. The number of ether oxygens (including phenoxy) is 4. The number of carbonyl (C=O) groups is 1. The second-order valence-corrected chi connectivity index (χ2v) is 6.21. The average molecular weight is 397 g/mol. The fourth-order valence-electron chi connectivity index (χ4n) is 2.86. The second kappa shape index (κ2) is 8.09. The molecule has 9 heteroatoms. The number of fused-ring (bicyclic) bond motifs is 1. The maximum atomic E-state index is 12.5. The molecule has 4 rings (SSSR count). The van der Waals surface area contributed by atoms with Gasteiger partial charge < -0.3 is 23.4 Å². The molecule has 1 aromatic heterocycles. The number of hydrogen-bond acceptors (Lipinski definition) is 8. The van der Waals surface area contributed by atoms with E-state index in [1.807, 2.05) is 18.2 Å². The molecule has 3 aromatic rings. The van der Waals surface area contributed by atoms with Crippen LogP contribution in [0.4, 0.5) is 6.01 Å². The third kappa shape index (κ3) is 4.23. The largest absolute Gasteiger partial charge is 0.497 e. The van der Waals surface area contributed by atoms with Gasteiger partial charge in [-0.2, -0.15) is 0 Å². The molecule has 9 nitrogen and oxygen atoms in total. The molecular weight excluding hydrogens is 378 g/mol. The first-order valence-corrected chi connectivity index (χ1v) is 8.90. The third-order valence-corrected chi connectivity index (χ3v) is 4.26. The number of nitrogens with one attached hydrogen (secondary N) is 1. The van der Waals surface area contributed by atoms with Gasteiger partial charge in [0.05, 0.1) is 20.6 Å². The second-order valence-electron chi connectivity index (χ2n) is 6.21. The maximum Gasteiger partial charge on any atom is 0.322 e. The summed E-state index contributed by atoms with van der Waals surface area (Å²) in [6.45, 7) is 1.06. The van der Waals surface area contributed by atoms with E-state index in [1.165, 1.54) is 14.2 Å². The van der Waals surface area contributed by atoms with Crippen LogP contribution in [0.15, 0.2) is 40.8 Å². The Morgan fingerprint density at radius 3 is 2.45 bits per heavy atom. The monoisotopic (exact) mass is 397 g/mol.